The van der Waals surface area contributed by atoms with Crippen LogP contribution < -0.4 is 21.3 Å². The standard InChI is InChI=1S/4C26H41N3O3.C11H14O/c4*1-20(2)25(30)5-4-6-26(31)27-17-23-11-12-24(32-23)19-29-15-13-28(14-16-29)18-22-9-7-21(3)8-10-22;1-8(2)11(12)10-6-4-9(3)5-7-10/h4*7-10,20,23-24H,4-6,11-19H2,1-3H3,(H,27,31);4-8H,1-3H3. The maximum atomic E-state index is 12.0. The highest BCUT2D eigenvalue weighted by Crippen LogP contribution is 2.28. The SMILES string of the molecule is Cc1ccc(C(=O)C(C)C)cc1.Cc1ccc(CN2CCN(CC3CCC(CNC(=O)CCCC(=O)C(C)C)O3)CC2)cc1.Cc1ccc(CN2CCN(CC3CCC(CNC(=O)CCCC(=O)C(C)C)O3)CC2)cc1.Cc1ccc(CN2CCN(CC3CCC(CNC(=O)CCCC(=O)C(C)C)O3)CC2)cc1.Cc1ccc(CN2CCN(CC3CCC(CNC(=O)CCCC(=O)C(C)C)O3)CC2)cc1. The fourth-order valence-corrected chi connectivity index (χ4v) is 18.9. The van der Waals surface area contributed by atoms with Crippen LogP contribution in [0.4, 0.5) is 0 Å². The number of ether oxygens (including phenoxy) is 4. The Labute approximate surface area is 841 Å². The summed E-state index contributed by atoms with van der Waals surface area (Å²) in [7, 11) is 0. The Morgan fingerprint density at radius 3 is 0.607 bits per heavy atom. The molecule has 8 aliphatic rings. The molecule has 8 fully saturated rings. The van der Waals surface area contributed by atoms with Gasteiger partial charge in [0, 0.05) is 270 Å². The molecule has 776 valence electrons. The monoisotopic (exact) mass is 1940 g/mol. The Kier molecular flexibility index (Phi) is 51.5. The van der Waals surface area contributed by atoms with Gasteiger partial charge in [0.25, 0.3) is 0 Å². The van der Waals surface area contributed by atoms with E-state index in [1.54, 1.807) is 0 Å². The molecule has 8 aliphatic heterocycles. The molecule has 25 heteroatoms. The van der Waals surface area contributed by atoms with Crippen LogP contribution in [0.15, 0.2) is 121 Å². The molecule has 0 radical (unpaired) electrons. The third kappa shape index (κ3) is 45.4. The van der Waals surface area contributed by atoms with Crippen molar-refractivity contribution in [3.8, 4) is 0 Å². The second kappa shape index (κ2) is 62.5. The molecule has 0 bridgehead atoms. The van der Waals surface area contributed by atoms with E-state index in [0.717, 1.165) is 214 Å². The number of nitrogens with one attached hydrogen (secondary N) is 4. The third-order valence-electron chi connectivity index (χ3n) is 28.4. The van der Waals surface area contributed by atoms with Crippen molar-refractivity contribution in [2.75, 3.05) is 157 Å². The van der Waals surface area contributed by atoms with Crippen LogP contribution in [0, 0.1) is 64.2 Å². The first kappa shape index (κ1) is 115. The summed E-state index contributed by atoms with van der Waals surface area (Å²) in [5.74, 6) is 1.56. The van der Waals surface area contributed by atoms with Gasteiger partial charge in [0.15, 0.2) is 5.78 Å². The minimum absolute atomic E-state index is 0.0262. The summed E-state index contributed by atoms with van der Waals surface area (Å²) >= 11 is 0. The molecule has 0 aliphatic carbocycles. The quantitative estimate of drug-likeness (QED) is 0.0264. The van der Waals surface area contributed by atoms with Gasteiger partial charge in [-0.1, -0.05) is 218 Å². The lowest BCUT2D eigenvalue weighted by molar-refractivity contribution is -0.124. The van der Waals surface area contributed by atoms with E-state index in [2.05, 4.69) is 185 Å². The second-order valence-electron chi connectivity index (χ2n) is 42.6. The van der Waals surface area contributed by atoms with E-state index in [9.17, 15) is 43.2 Å². The van der Waals surface area contributed by atoms with Gasteiger partial charge >= 0.3 is 0 Å². The second-order valence-corrected chi connectivity index (χ2v) is 42.6. The number of benzene rings is 5. The number of aryl methyl sites for hydroxylation is 5. The Bertz CT molecular complexity index is 3960. The molecular weight excluding hydrogens is 1760 g/mol. The number of hydrogen-bond acceptors (Lipinski definition) is 21. The Hall–Kier alpha value is -8.15. The van der Waals surface area contributed by atoms with E-state index < -0.39 is 0 Å². The van der Waals surface area contributed by atoms with Gasteiger partial charge < -0.3 is 40.2 Å². The highest BCUT2D eigenvalue weighted by atomic mass is 16.5. The molecule has 5 aromatic rings. The van der Waals surface area contributed by atoms with Gasteiger partial charge in [0.2, 0.25) is 23.6 Å². The van der Waals surface area contributed by atoms with Crippen LogP contribution in [-0.4, -0.2) is 298 Å². The lowest BCUT2D eigenvalue weighted by atomic mass is 10.0. The zero-order valence-electron chi connectivity index (χ0n) is 88.4. The Balaban J connectivity index is 0.000000200. The number of carbonyl (C=O) groups excluding carboxylic acids is 9. The fourth-order valence-electron chi connectivity index (χ4n) is 18.9. The van der Waals surface area contributed by atoms with E-state index >= 15 is 0 Å². The first-order valence-corrected chi connectivity index (χ1v) is 53.6. The summed E-state index contributed by atoms with van der Waals surface area (Å²) in [6, 6.07) is 43.1. The largest absolute Gasteiger partial charge is 0.372 e. The van der Waals surface area contributed by atoms with Crippen molar-refractivity contribution >= 4 is 52.5 Å². The van der Waals surface area contributed by atoms with Crippen LogP contribution in [0.25, 0.3) is 0 Å². The highest BCUT2D eigenvalue weighted by Gasteiger charge is 2.34. The number of carbonyl (C=O) groups is 9. The number of piperazine rings is 4. The van der Waals surface area contributed by atoms with Crippen LogP contribution in [0.5, 0.6) is 0 Å². The number of amides is 4. The number of Topliss-reactive ketones (excluding diaryl/α,β-unsaturated/α-hetero) is 5. The minimum Gasteiger partial charge on any atom is -0.372 e. The number of nitrogens with zero attached hydrogens (tertiary/aromatic N) is 8. The molecular formula is C115H178N12O13. The predicted octanol–water partition coefficient (Wildman–Crippen LogP) is 15.5. The van der Waals surface area contributed by atoms with Crippen LogP contribution in [0.2, 0.25) is 0 Å². The zero-order chi connectivity index (χ0) is 101. The van der Waals surface area contributed by atoms with Gasteiger partial charge in [-0.2, -0.15) is 0 Å². The molecule has 140 heavy (non-hydrogen) atoms. The molecule has 5 aromatic carbocycles. The van der Waals surface area contributed by atoms with Gasteiger partial charge in [-0.05, 0) is 134 Å². The van der Waals surface area contributed by atoms with Gasteiger partial charge in [-0.15, -0.1) is 0 Å². The summed E-state index contributed by atoms with van der Waals surface area (Å²) in [4.78, 5) is 126. The van der Waals surface area contributed by atoms with Crippen molar-refractivity contribution in [3.63, 3.8) is 0 Å². The van der Waals surface area contributed by atoms with E-state index in [0.29, 0.717) is 103 Å². The molecule has 0 saturated carbocycles. The molecule has 4 amide bonds. The van der Waals surface area contributed by atoms with Crippen LogP contribution in [-0.2, 0) is 83.5 Å². The summed E-state index contributed by atoms with van der Waals surface area (Å²) in [5, 5.41) is 12.0. The van der Waals surface area contributed by atoms with E-state index in [4.69, 9.17) is 18.9 Å². The Morgan fingerprint density at radius 1 is 0.243 bits per heavy atom. The average molecular weight is 1940 g/mol. The summed E-state index contributed by atoms with van der Waals surface area (Å²) < 4.78 is 24.8. The first-order chi connectivity index (χ1) is 67.1. The summed E-state index contributed by atoms with van der Waals surface area (Å²) in [5.41, 5.74) is 12.8. The van der Waals surface area contributed by atoms with Gasteiger partial charge in [0.1, 0.15) is 23.1 Å². The minimum atomic E-state index is 0.0262. The molecule has 25 nitrogen and oxygen atoms in total. The number of rotatable bonds is 46. The summed E-state index contributed by atoms with van der Waals surface area (Å²) in [6.45, 7) is 57.5. The van der Waals surface area contributed by atoms with Gasteiger partial charge in [-0.25, -0.2) is 0 Å². The van der Waals surface area contributed by atoms with E-state index in [1.165, 1.54) is 50.1 Å². The zero-order valence-corrected chi connectivity index (χ0v) is 88.4. The molecule has 8 atom stereocenters. The highest BCUT2D eigenvalue weighted by molar-refractivity contribution is 5.97. The molecule has 0 aromatic heterocycles. The van der Waals surface area contributed by atoms with Crippen molar-refractivity contribution in [2.45, 2.75) is 307 Å². The smallest absolute Gasteiger partial charge is 0.220 e. The van der Waals surface area contributed by atoms with Crippen molar-refractivity contribution in [1.82, 2.24) is 60.5 Å². The average Bonchev–Trinajstić information content (AvgIpc) is 1.45. The van der Waals surface area contributed by atoms with Crippen molar-refractivity contribution in [2.24, 2.45) is 29.6 Å². The molecule has 8 saturated heterocycles. The van der Waals surface area contributed by atoms with Crippen LogP contribution in [0.1, 0.15) is 258 Å². The van der Waals surface area contributed by atoms with Crippen molar-refractivity contribution in [1.29, 1.82) is 0 Å². The third-order valence-corrected chi connectivity index (χ3v) is 28.4. The number of ketones is 5. The maximum Gasteiger partial charge on any atom is 0.220 e. The van der Waals surface area contributed by atoms with Crippen LogP contribution in [0.3, 0.4) is 0 Å². The van der Waals surface area contributed by atoms with Crippen LogP contribution >= 0.6 is 0 Å². The first-order valence-electron chi connectivity index (χ1n) is 53.6. The molecule has 13 rings (SSSR count). The topological polar surface area (TPSA) is 265 Å². The normalized spacial score (nSPS) is 21.3. The van der Waals surface area contributed by atoms with Crippen molar-refractivity contribution < 1.29 is 62.1 Å². The maximum absolute atomic E-state index is 12.0. The molecule has 4 N–H and O–H groups in total. The molecule has 8 heterocycles. The van der Waals surface area contributed by atoms with E-state index in [1.807, 2.05) is 100 Å². The lowest BCUT2D eigenvalue weighted by Crippen LogP contribution is -2.48. The lowest BCUT2D eigenvalue weighted by Gasteiger charge is -2.35. The van der Waals surface area contributed by atoms with Gasteiger partial charge in [0.05, 0.1) is 48.8 Å². The van der Waals surface area contributed by atoms with E-state index in [-0.39, 0.29) is 131 Å². The molecule has 8 unspecified atom stereocenters. The van der Waals surface area contributed by atoms with Crippen molar-refractivity contribution in [3.05, 3.63) is 177 Å². The Morgan fingerprint density at radius 2 is 0.421 bits per heavy atom. The predicted molar refractivity (Wildman–Crippen MR) is 560 cm³/mol. The summed E-state index contributed by atoms with van der Waals surface area (Å²) in [6.07, 6.45) is 16.0. The molecule has 0 spiro atoms. The fraction of sp³-hybridized carbons (Fsp3) is 0.661. The van der Waals surface area contributed by atoms with Gasteiger partial charge in [-0.3, -0.25) is 82.4 Å². The number of hydrogen-bond donors (Lipinski definition) is 4.